The average molecular weight is 278 g/mol. The fourth-order valence-corrected chi connectivity index (χ4v) is 2.53. The van der Waals surface area contributed by atoms with Crippen LogP contribution in [0.2, 0.25) is 0 Å². The van der Waals surface area contributed by atoms with Crippen molar-refractivity contribution in [1.82, 2.24) is 5.32 Å². The zero-order valence-corrected chi connectivity index (χ0v) is 11.9. The van der Waals surface area contributed by atoms with Gasteiger partial charge in [-0.2, -0.15) is 0 Å². The first-order chi connectivity index (χ1) is 10.3. The van der Waals surface area contributed by atoms with Gasteiger partial charge in [0, 0.05) is 24.9 Å². The molecule has 1 heterocycles. The van der Waals surface area contributed by atoms with Crippen LogP contribution in [0.4, 0.5) is 0 Å². The lowest BCUT2D eigenvalue weighted by Gasteiger charge is -2.06. The SMILES string of the molecule is O=C(Cc1ccccc1)Cc1cccc(C2=NCCN2)c1. The van der Waals surface area contributed by atoms with E-state index in [1.807, 2.05) is 48.5 Å². The summed E-state index contributed by atoms with van der Waals surface area (Å²) in [6.07, 6.45) is 0.959. The Bertz CT molecular complexity index is 662. The maximum absolute atomic E-state index is 12.2. The van der Waals surface area contributed by atoms with E-state index < -0.39 is 0 Å². The van der Waals surface area contributed by atoms with Gasteiger partial charge in [-0.05, 0) is 17.2 Å². The molecule has 0 spiro atoms. The molecule has 0 aliphatic carbocycles. The van der Waals surface area contributed by atoms with Crippen molar-refractivity contribution < 1.29 is 4.79 Å². The number of rotatable bonds is 5. The molecule has 1 N–H and O–H groups in total. The van der Waals surface area contributed by atoms with Gasteiger partial charge in [0.2, 0.25) is 0 Å². The summed E-state index contributed by atoms with van der Waals surface area (Å²) in [6, 6.07) is 18.0. The third-order valence-electron chi connectivity index (χ3n) is 3.52. The van der Waals surface area contributed by atoms with E-state index in [0.717, 1.165) is 35.6 Å². The Morgan fingerprint density at radius 3 is 2.52 bits per heavy atom. The Balaban J connectivity index is 1.67. The summed E-state index contributed by atoms with van der Waals surface area (Å²) < 4.78 is 0. The minimum Gasteiger partial charge on any atom is -0.368 e. The first-order valence-corrected chi connectivity index (χ1v) is 7.24. The van der Waals surface area contributed by atoms with E-state index in [0.29, 0.717) is 12.8 Å². The highest BCUT2D eigenvalue weighted by atomic mass is 16.1. The number of carbonyl (C=O) groups is 1. The van der Waals surface area contributed by atoms with Crippen LogP contribution in [0, 0.1) is 0 Å². The molecule has 0 unspecified atom stereocenters. The number of nitrogens with one attached hydrogen (secondary N) is 1. The molecule has 0 atom stereocenters. The predicted molar refractivity (Wildman–Crippen MR) is 84.7 cm³/mol. The predicted octanol–water partition coefficient (Wildman–Crippen LogP) is 2.39. The Hall–Kier alpha value is -2.42. The van der Waals surface area contributed by atoms with Crippen molar-refractivity contribution in [2.75, 3.05) is 13.1 Å². The molecule has 0 amide bonds. The minimum atomic E-state index is 0.236. The standard InChI is InChI=1S/C18H18N2O/c21-17(12-14-5-2-1-3-6-14)13-15-7-4-8-16(11-15)18-19-9-10-20-18/h1-8,11H,9-10,12-13H2,(H,19,20). The van der Waals surface area contributed by atoms with Crippen LogP contribution >= 0.6 is 0 Å². The lowest BCUT2D eigenvalue weighted by atomic mass is 10.0. The Labute approximate surface area is 124 Å². The van der Waals surface area contributed by atoms with Crippen molar-refractivity contribution in [1.29, 1.82) is 0 Å². The van der Waals surface area contributed by atoms with Gasteiger partial charge in [-0.25, -0.2) is 0 Å². The number of hydrogen-bond acceptors (Lipinski definition) is 3. The summed E-state index contributed by atoms with van der Waals surface area (Å²) in [6.45, 7) is 1.72. The number of ketones is 1. The van der Waals surface area contributed by atoms with Crippen molar-refractivity contribution in [3.8, 4) is 0 Å². The van der Waals surface area contributed by atoms with Gasteiger partial charge in [-0.1, -0.05) is 48.5 Å². The molecule has 0 saturated heterocycles. The van der Waals surface area contributed by atoms with E-state index in [1.165, 1.54) is 0 Å². The maximum atomic E-state index is 12.2. The highest BCUT2D eigenvalue weighted by Gasteiger charge is 2.10. The molecule has 106 valence electrons. The molecular weight excluding hydrogens is 260 g/mol. The van der Waals surface area contributed by atoms with E-state index in [4.69, 9.17) is 0 Å². The van der Waals surface area contributed by atoms with E-state index in [-0.39, 0.29) is 5.78 Å². The molecule has 0 radical (unpaired) electrons. The molecule has 2 aromatic carbocycles. The van der Waals surface area contributed by atoms with Crippen molar-refractivity contribution in [3.05, 3.63) is 71.3 Å². The highest BCUT2D eigenvalue weighted by molar-refractivity contribution is 6.00. The van der Waals surface area contributed by atoms with Gasteiger partial charge in [0.05, 0.1) is 6.54 Å². The number of amidine groups is 1. The monoisotopic (exact) mass is 278 g/mol. The number of hydrogen-bond donors (Lipinski definition) is 1. The fraction of sp³-hybridized carbons (Fsp3) is 0.222. The number of Topliss-reactive ketones (excluding diaryl/α,β-unsaturated/α-hetero) is 1. The van der Waals surface area contributed by atoms with Crippen LogP contribution in [0.3, 0.4) is 0 Å². The van der Waals surface area contributed by atoms with Crippen molar-refractivity contribution >= 4 is 11.6 Å². The number of carbonyl (C=O) groups excluding carboxylic acids is 1. The molecular formula is C18H18N2O. The Morgan fingerprint density at radius 2 is 1.76 bits per heavy atom. The molecule has 21 heavy (non-hydrogen) atoms. The summed E-state index contributed by atoms with van der Waals surface area (Å²) in [7, 11) is 0. The van der Waals surface area contributed by atoms with Crippen LogP contribution in [-0.4, -0.2) is 24.7 Å². The molecule has 0 aromatic heterocycles. The lowest BCUT2D eigenvalue weighted by Crippen LogP contribution is -2.19. The number of nitrogens with zero attached hydrogens (tertiary/aromatic N) is 1. The van der Waals surface area contributed by atoms with E-state index in [9.17, 15) is 4.79 Å². The van der Waals surface area contributed by atoms with Gasteiger partial charge < -0.3 is 5.32 Å². The fourth-order valence-electron chi connectivity index (χ4n) is 2.53. The second kappa shape index (κ2) is 6.35. The van der Waals surface area contributed by atoms with Crippen LogP contribution < -0.4 is 5.32 Å². The molecule has 1 aliphatic rings. The lowest BCUT2D eigenvalue weighted by molar-refractivity contribution is -0.117. The molecule has 1 aliphatic heterocycles. The maximum Gasteiger partial charge on any atom is 0.141 e. The molecule has 0 saturated carbocycles. The van der Waals surface area contributed by atoms with Gasteiger partial charge in [0.15, 0.2) is 0 Å². The topological polar surface area (TPSA) is 41.5 Å². The molecule has 3 heteroatoms. The third-order valence-corrected chi connectivity index (χ3v) is 3.52. The number of aliphatic imine (C=N–C) groups is 1. The minimum absolute atomic E-state index is 0.236. The second-order valence-electron chi connectivity index (χ2n) is 5.24. The number of benzene rings is 2. The first-order valence-electron chi connectivity index (χ1n) is 7.24. The van der Waals surface area contributed by atoms with Gasteiger partial charge in [-0.3, -0.25) is 9.79 Å². The largest absolute Gasteiger partial charge is 0.368 e. The summed E-state index contributed by atoms with van der Waals surface area (Å²) in [5, 5.41) is 3.26. The summed E-state index contributed by atoms with van der Waals surface area (Å²) in [5.41, 5.74) is 3.18. The zero-order chi connectivity index (χ0) is 14.5. The quantitative estimate of drug-likeness (QED) is 0.912. The molecule has 0 fully saturated rings. The van der Waals surface area contributed by atoms with Crippen LogP contribution in [0.5, 0.6) is 0 Å². The summed E-state index contributed by atoms with van der Waals surface area (Å²) in [4.78, 5) is 16.6. The Morgan fingerprint density at radius 1 is 1.00 bits per heavy atom. The molecule has 3 rings (SSSR count). The smallest absolute Gasteiger partial charge is 0.141 e. The van der Waals surface area contributed by atoms with Gasteiger partial charge in [-0.15, -0.1) is 0 Å². The van der Waals surface area contributed by atoms with Crippen molar-refractivity contribution in [2.24, 2.45) is 4.99 Å². The normalized spacial score (nSPS) is 13.6. The van der Waals surface area contributed by atoms with Crippen molar-refractivity contribution in [2.45, 2.75) is 12.8 Å². The molecule has 0 bridgehead atoms. The van der Waals surface area contributed by atoms with Crippen LogP contribution in [0.15, 0.2) is 59.6 Å². The van der Waals surface area contributed by atoms with Gasteiger partial charge in [0.25, 0.3) is 0 Å². The van der Waals surface area contributed by atoms with Gasteiger partial charge >= 0.3 is 0 Å². The van der Waals surface area contributed by atoms with Gasteiger partial charge in [0.1, 0.15) is 11.6 Å². The zero-order valence-electron chi connectivity index (χ0n) is 11.9. The van der Waals surface area contributed by atoms with Crippen molar-refractivity contribution in [3.63, 3.8) is 0 Å². The third kappa shape index (κ3) is 3.57. The molecule has 2 aromatic rings. The van der Waals surface area contributed by atoms with E-state index in [1.54, 1.807) is 0 Å². The molecule has 3 nitrogen and oxygen atoms in total. The summed E-state index contributed by atoms with van der Waals surface area (Å²) >= 11 is 0. The van der Waals surface area contributed by atoms with Crippen LogP contribution in [0.1, 0.15) is 16.7 Å². The van der Waals surface area contributed by atoms with Crippen LogP contribution in [0.25, 0.3) is 0 Å². The van der Waals surface area contributed by atoms with Crippen LogP contribution in [-0.2, 0) is 17.6 Å². The van der Waals surface area contributed by atoms with E-state index >= 15 is 0 Å². The average Bonchev–Trinajstić information content (AvgIpc) is 3.02. The second-order valence-corrected chi connectivity index (χ2v) is 5.24. The Kier molecular flexibility index (Phi) is 4.10. The highest BCUT2D eigenvalue weighted by Crippen LogP contribution is 2.10. The van der Waals surface area contributed by atoms with E-state index in [2.05, 4.69) is 16.4 Å². The summed E-state index contributed by atoms with van der Waals surface area (Å²) in [5.74, 6) is 1.17. The first kappa shape index (κ1) is 13.6.